The smallest absolute Gasteiger partial charge is 0.314 e. The summed E-state index contributed by atoms with van der Waals surface area (Å²) in [7, 11) is 0. The van der Waals surface area contributed by atoms with Crippen LogP contribution in [0, 0.1) is 0 Å². The molecule has 0 spiro atoms. The predicted molar refractivity (Wildman–Crippen MR) is 96.7 cm³/mol. The Labute approximate surface area is 152 Å². The summed E-state index contributed by atoms with van der Waals surface area (Å²) in [6.07, 6.45) is 6.46. The largest absolute Gasteiger partial charge is 0.322 e. The van der Waals surface area contributed by atoms with Crippen molar-refractivity contribution in [2.75, 3.05) is 11.9 Å². The number of nitrogens with one attached hydrogen (secondary N) is 1. The zero-order chi connectivity index (χ0) is 17.2. The van der Waals surface area contributed by atoms with Gasteiger partial charge < -0.3 is 14.8 Å². The fraction of sp³-hybridized carbons (Fsp3) is 0.500. The molecular formula is C18H22ClN5O. The number of carbonyl (C=O) groups excluding carboxylic acids is 1. The molecule has 0 saturated carbocycles. The standard InChI is InChI=1S/C18H22ClN5O/c19-13-7-9-14(10-8-13)20-18(25)23-12-4-5-15(23)17-22-21-16-6-2-1-3-11-24(16)17/h7-10,15H,1-6,11-12H2,(H,20,25). The first-order valence-corrected chi connectivity index (χ1v) is 9.35. The van der Waals surface area contributed by atoms with Crippen LogP contribution in [-0.4, -0.2) is 32.2 Å². The molecule has 4 rings (SSSR count). The number of hydrogen-bond donors (Lipinski definition) is 1. The average Bonchev–Trinajstić information content (AvgIpc) is 3.18. The molecule has 0 aliphatic carbocycles. The lowest BCUT2D eigenvalue weighted by molar-refractivity contribution is 0.203. The normalized spacial score (nSPS) is 20.2. The summed E-state index contributed by atoms with van der Waals surface area (Å²) >= 11 is 5.91. The van der Waals surface area contributed by atoms with Gasteiger partial charge in [-0.05, 0) is 49.9 Å². The van der Waals surface area contributed by atoms with Crippen molar-refractivity contribution in [2.45, 2.75) is 51.1 Å². The van der Waals surface area contributed by atoms with Crippen LogP contribution in [0.25, 0.3) is 0 Å². The molecule has 1 unspecified atom stereocenters. The number of nitrogens with zero attached hydrogens (tertiary/aromatic N) is 4. The van der Waals surface area contributed by atoms with Crippen LogP contribution in [0.2, 0.25) is 5.02 Å². The van der Waals surface area contributed by atoms with Crippen LogP contribution in [0.5, 0.6) is 0 Å². The topological polar surface area (TPSA) is 63.1 Å². The lowest BCUT2D eigenvalue weighted by atomic mass is 10.2. The van der Waals surface area contributed by atoms with E-state index in [2.05, 4.69) is 20.1 Å². The molecular weight excluding hydrogens is 338 g/mol. The van der Waals surface area contributed by atoms with Gasteiger partial charge in [0.15, 0.2) is 5.82 Å². The van der Waals surface area contributed by atoms with E-state index in [4.69, 9.17) is 11.6 Å². The first kappa shape index (κ1) is 16.4. The van der Waals surface area contributed by atoms with Crippen LogP contribution < -0.4 is 5.32 Å². The SMILES string of the molecule is O=C(Nc1ccc(Cl)cc1)N1CCCC1c1nnc2n1CCCCC2. The molecule has 1 saturated heterocycles. The highest BCUT2D eigenvalue weighted by atomic mass is 35.5. The minimum absolute atomic E-state index is 0.00616. The van der Waals surface area contributed by atoms with E-state index in [1.165, 1.54) is 12.8 Å². The van der Waals surface area contributed by atoms with Crippen LogP contribution >= 0.6 is 11.6 Å². The van der Waals surface area contributed by atoms with Crippen molar-refractivity contribution in [3.05, 3.63) is 40.9 Å². The Morgan fingerprint density at radius 1 is 1.08 bits per heavy atom. The molecule has 1 N–H and O–H groups in total. The molecule has 6 nitrogen and oxygen atoms in total. The van der Waals surface area contributed by atoms with E-state index in [0.717, 1.165) is 56.1 Å². The lowest BCUT2D eigenvalue weighted by Crippen LogP contribution is -2.35. The summed E-state index contributed by atoms with van der Waals surface area (Å²) in [5.41, 5.74) is 0.750. The third kappa shape index (κ3) is 3.35. The van der Waals surface area contributed by atoms with Crippen molar-refractivity contribution in [1.29, 1.82) is 0 Å². The van der Waals surface area contributed by atoms with Crippen molar-refractivity contribution in [2.24, 2.45) is 0 Å². The van der Waals surface area contributed by atoms with Gasteiger partial charge in [-0.15, -0.1) is 10.2 Å². The lowest BCUT2D eigenvalue weighted by Gasteiger charge is -2.25. The molecule has 2 aromatic rings. The quantitative estimate of drug-likeness (QED) is 0.880. The fourth-order valence-corrected chi connectivity index (χ4v) is 3.89. The molecule has 0 bridgehead atoms. The minimum atomic E-state index is -0.0872. The molecule has 1 atom stereocenters. The summed E-state index contributed by atoms with van der Waals surface area (Å²) in [5, 5.41) is 12.5. The summed E-state index contributed by atoms with van der Waals surface area (Å²) < 4.78 is 2.24. The Bertz CT molecular complexity index is 757. The van der Waals surface area contributed by atoms with Gasteiger partial charge in [0, 0.05) is 30.2 Å². The van der Waals surface area contributed by atoms with Crippen LogP contribution in [0.4, 0.5) is 10.5 Å². The molecule has 1 fully saturated rings. The molecule has 2 aliphatic heterocycles. The second-order valence-corrected chi connectivity index (χ2v) is 7.16. The zero-order valence-corrected chi connectivity index (χ0v) is 14.9. The third-order valence-electron chi connectivity index (χ3n) is 5.05. The molecule has 0 radical (unpaired) electrons. The monoisotopic (exact) mass is 359 g/mol. The Morgan fingerprint density at radius 2 is 1.92 bits per heavy atom. The first-order chi connectivity index (χ1) is 12.2. The van der Waals surface area contributed by atoms with E-state index in [1.807, 2.05) is 17.0 Å². The second-order valence-electron chi connectivity index (χ2n) is 6.73. The number of rotatable bonds is 2. The number of aryl methyl sites for hydroxylation is 1. The Balaban J connectivity index is 1.53. The van der Waals surface area contributed by atoms with Crippen LogP contribution in [-0.2, 0) is 13.0 Å². The number of likely N-dealkylation sites (tertiary alicyclic amines) is 1. The number of fused-ring (bicyclic) bond motifs is 1. The number of carbonyl (C=O) groups is 1. The Morgan fingerprint density at radius 3 is 2.76 bits per heavy atom. The van der Waals surface area contributed by atoms with Crippen molar-refractivity contribution in [3.8, 4) is 0 Å². The van der Waals surface area contributed by atoms with Crippen LogP contribution in [0.3, 0.4) is 0 Å². The van der Waals surface area contributed by atoms with E-state index in [1.54, 1.807) is 12.1 Å². The number of halogens is 1. The van der Waals surface area contributed by atoms with Crippen molar-refractivity contribution in [1.82, 2.24) is 19.7 Å². The third-order valence-corrected chi connectivity index (χ3v) is 5.30. The van der Waals surface area contributed by atoms with Gasteiger partial charge in [-0.2, -0.15) is 0 Å². The van der Waals surface area contributed by atoms with E-state index in [0.29, 0.717) is 5.02 Å². The van der Waals surface area contributed by atoms with Crippen LogP contribution in [0.1, 0.15) is 49.8 Å². The summed E-state index contributed by atoms with van der Waals surface area (Å²) in [6, 6.07) is 7.10. The molecule has 7 heteroatoms. The van der Waals surface area contributed by atoms with Gasteiger partial charge in [-0.3, -0.25) is 0 Å². The maximum atomic E-state index is 12.8. The van der Waals surface area contributed by atoms with Gasteiger partial charge in [0.25, 0.3) is 0 Å². The maximum absolute atomic E-state index is 12.8. The molecule has 25 heavy (non-hydrogen) atoms. The van der Waals surface area contributed by atoms with Gasteiger partial charge in [0.2, 0.25) is 0 Å². The minimum Gasteiger partial charge on any atom is -0.314 e. The number of amides is 2. The summed E-state index contributed by atoms with van der Waals surface area (Å²) in [6.45, 7) is 1.70. The van der Waals surface area contributed by atoms with E-state index in [9.17, 15) is 4.79 Å². The Hall–Kier alpha value is -2.08. The van der Waals surface area contributed by atoms with Crippen molar-refractivity contribution >= 4 is 23.3 Å². The first-order valence-electron chi connectivity index (χ1n) is 8.97. The van der Waals surface area contributed by atoms with Crippen molar-refractivity contribution in [3.63, 3.8) is 0 Å². The molecule has 3 heterocycles. The maximum Gasteiger partial charge on any atom is 0.322 e. The van der Waals surface area contributed by atoms with Gasteiger partial charge in [0.05, 0.1) is 6.04 Å². The van der Waals surface area contributed by atoms with Gasteiger partial charge in [-0.25, -0.2) is 4.79 Å². The second kappa shape index (κ2) is 7.04. The highest BCUT2D eigenvalue weighted by molar-refractivity contribution is 6.30. The number of hydrogen-bond acceptors (Lipinski definition) is 3. The number of urea groups is 1. The zero-order valence-electron chi connectivity index (χ0n) is 14.1. The van der Waals surface area contributed by atoms with E-state index >= 15 is 0 Å². The molecule has 1 aromatic carbocycles. The number of aromatic nitrogens is 3. The molecule has 132 valence electrons. The average molecular weight is 360 g/mol. The predicted octanol–water partition coefficient (Wildman–Crippen LogP) is 4.03. The highest BCUT2D eigenvalue weighted by Crippen LogP contribution is 2.32. The summed E-state index contributed by atoms with van der Waals surface area (Å²) in [4.78, 5) is 14.7. The van der Waals surface area contributed by atoms with E-state index in [-0.39, 0.29) is 12.1 Å². The summed E-state index contributed by atoms with van der Waals surface area (Å²) in [5.74, 6) is 2.01. The van der Waals surface area contributed by atoms with Crippen LogP contribution in [0.15, 0.2) is 24.3 Å². The highest BCUT2D eigenvalue weighted by Gasteiger charge is 2.34. The molecule has 2 amide bonds. The van der Waals surface area contributed by atoms with Crippen molar-refractivity contribution < 1.29 is 4.79 Å². The molecule has 1 aromatic heterocycles. The van der Waals surface area contributed by atoms with Gasteiger partial charge >= 0.3 is 6.03 Å². The molecule has 2 aliphatic rings. The van der Waals surface area contributed by atoms with Gasteiger partial charge in [-0.1, -0.05) is 18.0 Å². The fourth-order valence-electron chi connectivity index (χ4n) is 3.76. The Kier molecular flexibility index (Phi) is 4.61. The number of anilines is 1. The van der Waals surface area contributed by atoms with Gasteiger partial charge in [0.1, 0.15) is 5.82 Å². The van der Waals surface area contributed by atoms with E-state index < -0.39 is 0 Å². The number of benzene rings is 1.